The quantitative estimate of drug-likeness (QED) is 0.874. The van der Waals surface area contributed by atoms with Crippen LogP contribution in [-0.2, 0) is 17.4 Å². The molecule has 0 radical (unpaired) electrons. The van der Waals surface area contributed by atoms with Gasteiger partial charge in [-0.05, 0) is 18.2 Å². The second kappa shape index (κ2) is 7.92. The highest BCUT2D eigenvalue weighted by molar-refractivity contribution is 5.96. The Morgan fingerprint density at radius 3 is 2.11 bits per heavy atom. The first-order chi connectivity index (χ1) is 13.3. The summed E-state index contributed by atoms with van der Waals surface area (Å²) in [4.78, 5) is 27.9. The van der Waals surface area contributed by atoms with Gasteiger partial charge in [0, 0.05) is 31.7 Å². The van der Waals surface area contributed by atoms with Gasteiger partial charge in [-0.15, -0.1) is 0 Å². The van der Waals surface area contributed by atoms with E-state index in [0.717, 1.165) is 6.07 Å². The van der Waals surface area contributed by atoms with E-state index in [4.69, 9.17) is 0 Å². The van der Waals surface area contributed by atoms with Crippen molar-refractivity contribution in [3.8, 4) is 5.75 Å². The molecule has 28 heavy (non-hydrogen) atoms. The predicted molar refractivity (Wildman–Crippen MR) is 95.7 cm³/mol. The van der Waals surface area contributed by atoms with Crippen molar-refractivity contribution in [1.29, 1.82) is 0 Å². The minimum Gasteiger partial charge on any atom is -0.508 e. The summed E-state index contributed by atoms with van der Waals surface area (Å²) in [6.07, 6.45) is -4.58. The van der Waals surface area contributed by atoms with Gasteiger partial charge in [-0.3, -0.25) is 9.59 Å². The maximum Gasteiger partial charge on any atom is 0.417 e. The Labute approximate surface area is 160 Å². The third kappa shape index (κ3) is 4.27. The molecule has 1 N–H and O–H groups in total. The molecule has 0 atom stereocenters. The van der Waals surface area contributed by atoms with Crippen LogP contribution in [0.4, 0.5) is 13.2 Å². The van der Waals surface area contributed by atoms with Gasteiger partial charge in [-0.1, -0.05) is 30.3 Å². The van der Waals surface area contributed by atoms with E-state index in [2.05, 4.69) is 0 Å². The number of hydrogen-bond donors (Lipinski definition) is 1. The maximum absolute atomic E-state index is 13.1. The molecule has 0 aromatic heterocycles. The van der Waals surface area contributed by atoms with E-state index < -0.39 is 17.6 Å². The van der Waals surface area contributed by atoms with Crippen LogP contribution in [0.2, 0.25) is 0 Å². The number of para-hydroxylation sites is 1. The lowest BCUT2D eigenvalue weighted by Crippen LogP contribution is -2.51. The highest BCUT2D eigenvalue weighted by atomic mass is 19.4. The van der Waals surface area contributed by atoms with Crippen LogP contribution in [0.15, 0.2) is 48.5 Å². The lowest BCUT2D eigenvalue weighted by molar-refractivity contribution is -0.138. The molecule has 1 aliphatic heterocycles. The molecule has 2 aromatic carbocycles. The van der Waals surface area contributed by atoms with Crippen LogP contribution in [0, 0.1) is 0 Å². The largest absolute Gasteiger partial charge is 0.508 e. The van der Waals surface area contributed by atoms with Crippen molar-refractivity contribution >= 4 is 11.8 Å². The number of aromatic hydroxyl groups is 1. The number of rotatable bonds is 3. The Kier molecular flexibility index (Phi) is 5.58. The first-order valence-corrected chi connectivity index (χ1v) is 8.77. The number of amides is 2. The molecule has 0 saturated carbocycles. The van der Waals surface area contributed by atoms with Crippen molar-refractivity contribution in [2.75, 3.05) is 26.2 Å². The Morgan fingerprint density at radius 1 is 0.893 bits per heavy atom. The monoisotopic (exact) mass is 392 g/mol. The Bertz CT molecular complexity index is 875. The molecule has 148 valence electrons. The summed E-state index contributed by atoms with van der Waals surface area (Å²) < 4.78 is 39.4. The Morgan fingerprint density at radius 2 is 1.46 bits per heavy atom. The van der Waals surface area contributed by atoms with Gasteiger partial charge in [0.25, 0.3) is 5.91 Å². The molecule has 1 saturated heterocycles. The Balaban J connectivity index is 1.64. The predicted octanol–water partition coefficient (Wildman–Crippen LogP) is 2.94. The molecular formula is C20H19F3N2O3. The molecule has 0 spiro atoms. The zero-order valence-corrected chi connectivity index (χ0v) is 14.9. The number of carbonyl (C=O) groups excluding carboxylic acids is 2. The molecule has 1 aliphatic rings. The van der Waals surface area contributed by atoms with Crippen molar-refractivity contribution in [3.05, 3.63) is 65.2 Å². The normalized spacial score (nSPS) is 14.8. The first-order valence-electron chi connectivity index (χ1n) is 8.77. The van der Waals surface area contributed by atoms with Crippen LogP contribution in [0.25, 0.3) is 0 Å². The van der Waals surface area contributed by atoms with Crippen molar-refractivity contribution in [1.82, 2.24) is 9.80 Å². The van der Waals surface area contributed by atoms with Crippen molar-refractivity contribution in [2.24, 2.45) is 0 Å². The number of hydrogen-bond acceptors (Lipinski definition) is 3. The first kappa shape index (κ1) is 19.7. The molecule has 8 heteroatoms. The number of piperazine rings is 1. The number of benzene rings is 2. The van der Waals surface area contributed by atoms with E-state index in [-0.39, 0.29) is 49.8 Å². The SMILES string of the molecule is O=C(Cc1ccccc1O)N1CCN(C(=O)c2ccccc2C(F)(F)F)CC1. The van der Waals surface area contributed by atoms with Gasteiger partial charge in [0.15, 0.2) is 0 Å². The highest BCUT2D eigenvalue weighted by Gasteiger charge is 2.36. The third-order valence-corrected chi connectivity index (χ3v) is 4.72. The standard InChI is InChI=1S/C20H19F3N2O3/c21-20(22,23)16-7-3-2-6-15(16)19(28)25-11-9-24(10-12-25)18(27)13-14-5-1-4-8-17(14)26/h1-8,26H,9-13H2. The fourth-order valence-corrected chi connectivity index (χ4v) is 3.18. The molecule has 1 heterocycles. The number of carbonyl (C=O) groups is 2. The fourth-order valence-electron chi connectivity index (χ4n) is 3.18. The average Bonchev–Trinajstić information content (AvgIpc) is 2.68. The van der Waals surface area contributed by atoms with Gasteiger partial charge in [-0.25, -0.2) is 0 Å². The number of halogens is 3. The average molecular weight is 392 g/mol. The second-order valence-electron chi connectivity index (χ2n) is 6.52. The van der Waals surface area contributed by atoms with Crippen LogP contribution in [0.5, 0.6) is 5.75 Å². The molecule has 0 aliphatic carbocycles. The van der Waals surface area contributed by atoms with Crippen LogP contribution in [-0.4, -0.2) is 52.9 Å². The van der Waals surface area contributed by atoms with Crippen molar-refractivity contribution in [2.45, 2.75) is 12.6 Å². The van der Waals surface area contributed by atoms with Gasteiger partial charge < -0.3 is 14.9 Å². The summed E-state index contributed by atoms with van der Waals surface area (Å²) in [5.41, 5.74) is -0.841. The van der Waals surface area contributed by atoms with Crippen molar-refractivity contribution in [3.63, 3.8) is 0 Å². The van der Waals surface area contributed by atoms with E-state index in [1.54, 1.807) is 23.1 Å². The molecule has 3 rings (SSSR count). The summed E-state index contributed by atoms with van der Waals surface area (Å²) >= 11 is 0. The number of phenols is 1. The van der Waals surface area contributed by atoms with E-state index in [1.807, 2.05) is 0 Å². The summed E-state index contributed by atoms with van der Waals surface area (Å²) in [6.45, 7) is 0.758. The topological polar surface area (TPSA) is 60.9 Å². The molecule has 2 aromatic rings. The number of alkyl halides is 3. The number of nitrogens with zero attached hydrogens (tertiary/aromatic N) is 2. The van der Waals surface area contributed by atoms with Gasteiger partial charge in [0.2, 0.25) is 5.91 Å². The molecule has 1 fully saturated rings. The summed E-state index contributed by atoms with van der Waals surface area (Å²) in [6, 6.07) is 11.2. The van der Waals surface area contributed by atoms with Crippen LogP contribution in [0.1, 0.15) is 21.5 Å². The molecule has 5 nitrogen and oxygen atoms in total. The van der Waals surface area contributed by atoms with Gasteiger partial charge in [0.05, 0.1) is 17.5 Å². The lowest BCUT2D eigenvalue weighted by Gasteiger charge is -2.35. The minimum atomic E-state index is -4.61. The van der Waals surface area contributed by atoms with Crippen LogP contribution in [0.3, 0.4) is 0 Å². The summed E-state index contributed by atoms with van der Waals surface area (Å²) in [7, 11) is 0. The maximum atomic E-state index is 13.1. The number of phenolic OH excluding ortho intramolecular Hbond substituents is 1. The van der Waals surface area contributed by atoms with Gasteiger partial charge in [0.1, 0.15) is 5.75 Å². The van der Waals surface area contributed by atoms with Gasteiger partial charge >= 0.3 is 6.18 Å². The Hall–Kier alpha value is -3.03. The smallest absolute Gasteiger partial charge is 0.417 e. The molecule has 2 amide bonds. The lowest BCUT2D eigenvalue weighted by atomic mass is 10.1. The fraction of sp³-hybridized carbons (Fsp3) is 0.300. The van der Waals surface area contributed by atoms with E-state index in [0.29, 0.717) is 5.56 Å². The summed E-state index contributed by atoms with van der Waals surface area (Å²) in [5.74, 6) is -0.863. The van der Waals surface area contributed by atoms with E-state index >= 15 is 0 Å². The molecule has 0 bridgehead atoms. The van der Waals surface area contributed by atoms with Crippen molar-refractivity contribution < 1.29 is 27.9 Å². The second-order valence-corrected chi connectivity index (χ2v) is 6.52. The van der Waals surface area contributed by atoms with Crippen LogP contribution >= 0.6 is 0 Å². The van der Waals surface area contributed by atoms with Gasteiger partial charge in [-0.2, -0.15) is 13.2 Å². The van der Waals surface area contributed by atoms with E-state index in [9.17, 15) is 27.9 Å². The highest BCUT2D eigenvalue weighted by Crippen LogP contribution is 2.32. The molecule has 0 unspecified atom stereocenters. The molecular weight excluding hydrogens is 373 g/mol. The third-order valence-electron chi connectivity index (χ3n) is 4.72. The van der Waals surface area contributed by atoms with E-state index in [1.165, 1.54) is 29.2 Å². The zero-order valence-electron chi connectivity index (χ0n) is 14.9. The van der Waals surface area contributed by atoms with Crippen LogP contribution < -0.4 is 0 Å². The zero-order chi connectivity index (χ0) is 20.3. The minimum absolute atomic E-state index is 0.0253. The summed E-state index contributed by atoms with van der Waals surface area (Å²) in [5, 5.41) is 9.77.